The molecule has 7 nitrogen and oxygen atoms in total. The van der Waals surface area contributed by atoms with Crippen molar-refractivity contribution < 1.29 is 19.1 Å². The number of nitrogens with one attached hydrogen (secondary N) is 2. The Bertz CT molecular complexity index is 905. The van der Waals surface area contributed by atoms with Gasteiger partial charge in [-0.3, -0.25) is 14.4 Å². The highest BCUT2D eigenvalue weighted by molar-refractivity contribution is 6.09. The van der Waals surface area contributed by atoms with Gasteiger partial charge >= 0.3 is 0 Å². The number of anilines is 1. The summed E-state index contributed by atoms with van der Waals surface area (Å²) in [6.45, 7) is 5.86. The van der Waals surface area contributed by atoms with E-state index in [2.05, 4.69) is 10.6 Å². The van der Waals surface area contributed by atoms with Crippen molar-refractivity contribution in [1.82, 2.24) is 10.2 Å². The number of hydrogen-bond donors (Lipinski definition) is 2. The zero-order valence-corrected chi connectivity index (χ0v) is 17.3. The highest BCUT2D eigenvalue weighted by atomic mass is 16.5. The van der Waals surface area contributed by atoms with Crippen LogP contribution in [0.15, 0.2) is 48.5 Å². The largest absolute Gasteiger partial charge is 0.378 e. The first-order valence-corrected chi connectivity index (χ1v) is 10.1. The molecule has 1 aliphatic heterocycles. The van der Waals surface area contributed by atoms with Crippen molar-refractivity contribution in [3.63, 3.8) is 0 Å². The van der Waals surface area contributed by atoms with Crippen molar-refractivity contribution in [3.8, 4) is 0 Å². The van der Waals surface area contributed by atoms with E-state index in [4.69, 9.17) is 4.74 Å². The maximum atomic E-state index is 12.9. The lowest BCUT2D eigenvalue weighted by atomic mass is 10.1. The number of hydrogen-bond acceptors (Lipinski definition) is 4. The molecule has 1 fully saturated rings. The number of aryl methyl sites for hydroxylation is 1. The number of rotatable bonds is 6. The molecule has 0 spiro atoms. The van der Waals surface area contributed by atoms with E-state index in [9.17, 15) is 14.4 Å². The summed E-state index contributed by atoms with van der Waals surface area (Å²) in [4.78, 5) is 40.0. The molecular formula is C23H27N3O4. The van der Waals surface area contributed by atoms with E-state index in [1.807, 2.05) is 26.0 Å². The normalized spacial score (nSPS) is 14.7. The predicted molar refractivity (Wildman–Crippen MR) is 115 cm³/mol. The summed E-state index contributed by atoms with van der Waals surface area (Å²) in [5.74, 6) is -0.815. The third kappa shape index (κ3) is 5.24. The van der Waals surface area contributed by atoms with Gasteiger partial charge < -0.3 is 20.3 Å². The van der Waals surface area contributed by atoms with Crippen molar-refractivity contribution in [1.29, 1.82) is 0 Å². The Hall–Kier alpha value is -3.19. The molecule has 3 amide bonds. The summed E-state index contributed by atoms with van der Waals surface area (Å²) in [6, 6.07) is 13.3. The second-order valence-electron chi connectivity index (χ2n) is 7.24. The van der Waals surface area contributed by atoms with E-state index in [-0.39, 0.29) is 11.8 Å². The van der Waals surface area contributed by atoms with Crippen molar-refractivity contribution in [2.24, 2.45) is 0 Å². The van der Waals surface area contributed by atoms with Crippen LogP contribution in [0.4, 0.5) is 5.69 Å². The molecule has 0 aliphatic carbocycles. The first-order valence-electron chi connectivity index (χ1n) is 10.1. The standard InChI is InChI=1S/C23H27N3O4/c1-3-19(23(29)26-12-14-30-15-13-26)24-22(28)18-6-4-5-7-20(18)25-21(27)17-10-8-16(2)9-11-17/h4-11,19H,3,12-15H2,1-2H3,(H,24,28)(H,25,27)/t19-/m1/s1. The van der Waals surface area contributed by atoms with Gasteiger partial charge in [-0.25, -0.2) is 0 Å². The molecular weight excluding hydrogens is 382 g/mol. The zero-order chi connectivity index (χ0) is 21.5. The van der Waals surface area contributed by atoms with Crippen LogP contribution < -0.4 is 10.6 Å². The number of amides is 3. The van der Waals surface area contributed by atoms with Crippen molar-refractivity contribution in [2.75, 3.05) is 31.6 Å². The maximum Gasteiger partial charge on any atom is 0.255 e. The van der Waals surface area contributed by atoms with Crippen LogP contribution in [0, 0.1) is 6.92 Å². The maximum absolute atomic E-state index is 12.9. The van der Waals surface area contributed by atoms with Crippen LogP contribution in [0.1, 0.15) is 39.6 Å². The zero-order valence-electron chi connectivity index (χ0n) is 17.3. The molecule has 0 aromatic heterocycles. The quantitative estimate of drug-likeness (QED) is 0.768. The van der Waals surface area contributed by atoms with E-state index in [1.54, 1.807) is 41.3 Å². The van der Waals surface area contributed by atoms with Crippen molar-refractivity contribution >= 4 is 23.4 Å². The second-order valence-corrected chi connectivity index (χ2v) is 7.24. The molecule has 2 N–H and O–H groups in total. The molecule has 1 atom stereocenters. The minimum atomic E-state index is -0.628. The molecule has 1 heterocycles. The van der Waals surface area contributed by atoms with Gasteiger partial charge in [-0.2, -0.15) is 0 Å². The molecule has 0 bridgehead atoms. The van der Waals surface area contributed by atoms with Gasteiger partial charge in [0.05, 0.1) is 24.5 Å². The summed E-state index contributed by atoms with van der Waals surface area (Å²) in [7, 11) is 0. The van der Waals surface area contributed by atoms with Crippen LogP contribution in [0.5, 0.6) is 0 Å². The first-order chi connectivity index (χ1) is 14.5. The highest BCUT2D eigenvalue weighted by Crippen LogP contribution is 2.17. The van der Waals surface area contributed by atoms with Crippen molar-refractivity contribution in [2.45, 2.75) is 26.3 Å². The lowest BCUT2D eigenvalue weighted by Crippen LogP contribution is -2.51. The summed E-state index contributed by atoms with van der Waals surface area (Å²) in [5.41, 5.74) is 2.27. The van der Waals surface area contributed by atoms with Gasteiger partial charge in [0, 0.05) is 18.7 Å². The minimum Gasteiger partial charge on any atom is -0.378 e. The van der Waals surface area contributed by atoms with Gasteiger partial charge in [-0.1, -0.05) is 36.8 Å². The first kappa shape index (κ1) is 21.5. The lowest BCUT2D eigenvalue weighted by molar-refractivity contribution is -0.137. The fraction of sp³-hybridized carbons (Fsp3) is 0.348. The number of nitrogens with zero attached hydrogens (tertiary/aromatic N) is 1. The van der Waals surface area contributed by atoms with Crippen molar-refractivity contribution in [3.05, 3.63) is 65.2 Å². The van der Waals surface area contributed by atoms with Gasteiger partial charge in [0.15, 0.2) is 0 Å². The molecule has 158 valence electrons. The molecule has 2 aromatic rings. The molecule has 7 heteroatoms. The molecule has 0 saturated carbocycles. The summed E-state index contributed by atoms with van der Waals surface area (Å²) >= 11 is 0. The number of carbonyl (C=O) groups is 3. The number of benzene rings is 2. The van der Waals surface area contributed by atoms with E-state index in [0.717, 1.165) is 5.56 Å². The van der Waals surface area contributed by atoms with Gasteiger partial charge in [0.2, 0.25) is 5.91 Å². The molecule has 0 unspecified atom stereocenters. The molecule has 30 heavy (non-hydrogen) atoms. The summed E-state index contributed by atoms with van der Waals surface area (Å²) in [5, 5.41) is 5.62. The second kappa shape index (κ2) is 10.0. The third-order valence-corrected chi connectivity index (χ3v) is 5.07. The fourth-order valence-electron chi connectivity index (χ4n) is 3.27. The Kier molecular flexibility index (Phi) is 7.19. The molecule has 0 radical (unpaired) electrons. The Morgan fingerprint density at radius 1 is 1.00 bits per heavy atom. The molecule has 1 saturated heterocycles. The smallest absolute Gasteiger partial charge is 0.255 e. The SMILES string of the molecule is CC[C@@H](NC(=O)c1ccccc1NC(=O)c1ccc(C)cc1)C(=O)N1CCOCC1. The van der Waals surface area contributed by atoms with Gasteiger partial charge in [-0.15, -0.1) is 0 Å². The Labute approximate surface area is 176 Å². The predicted octanol–water partition coefficient (Wildman–Crippen LogP) is 2.61. The molecule has 3 rings (SSSR count). The monoisotopic (exact) mass is 409 g/mol. The van der Waals surface area contributed by atoms with E-state index in [0.29, 0.717) is 49.5 Å². The summed E-state index contributed by atoms with van der Waals surface area (Å²) < 4.78 is 5.29. The van der Waals surface area contributed by atoms with E-state index >= 15 is 0 Å². The topological polar surface area (TPSA) is 87.7 Å². The van der Waals surface area contributed by atoms with Crippen LogP contribution in [0.2, 0.25) is 0 Å². The number of ether oxygens (including phenoxy) is 1. The minimum absolute atomic E-state index is 0.115. The fourth-order valence-corrected chi connectivity index (χ4v) is 3.27. The van der Waals surface area contributed by atoms with E-state index < -0.39 is 11.9 Å². The average molecular weight is 409 g/mol. The Morgan fingerprint density at radius 3 is 2.33 bits per heavy atom. The highest BCUT2D eigenvalue weighted by Gasteiger charge is 2.27. The third-order valence-electron chi connectivity index (χ3n) is 5.07. The van der Waals surface area contributed by atoms with Gasteiger partial charge in [0.1, 0.15) is 6.04 Å². The Balaban J connectivity index is 1.72. The van der Waals surface area contributed by atoms with Gasteiger partial charge in [-0.05, 0) is 37.6 Å². The van der Waals surface area contributed by atoms with E-state index in [1.165, 1.54) is 0 Å². The number of carbonyl (C=O) groups excluding carboxylic acids is 3. The summed E-state index contributed by atoms with van der Waals surface area (Å²) in [6.07, 6.45) is 0.472. The Morgan fingerprint density at radius 2 is 1.67 bits per heavy atom. The van der Waals surface area contributed by atoms with Crippen LogP contribution in [0.3, 0.4) is 0 Å². The van der Waals surface area contributed by atoms with Crippen LogP contribution in [-0.2, 0) is 9.53 Å². The van der Waals surface area contributed by atoms with Crippen LogP contribution in [0.25, 0.3) is 0 Å². The van der Waals surface area contributed by atoms with Gasteiger partial charge in [0.25, 0.3) is 11.8 Å². The van der Waals surface area contributed by atoms with Crippen LogP contribution in [-0.4, -0.2) is 55.0 Å². The molecule has 2 aromatic carbocycles. The lowest BCUT2D eigenvalue weighted by Gasteiger charge is -2.30. The number of para-hydroxylation sites is 1. The van der Waals surface area contributed by atoms with Crippen LogP contribution >= 0.6 is 0 Å². The number of morpholine rings is 1. The molecule has 1 aliphatic rings. The average Bonchev–Trinajstić information content (AvgIpc) is 2.78.